The summed E-state index contributed by atoms with van der Waals surface area (Å²) in [5.41, 5.74) is 0.936. The van der Waals surface area contributed by atoms with Crippen LogP contribution in [0.3, 0.4) is 0 Å². The second kappa shape index (κ2) is 9.87. The smallest absolute Gasteiger partial charge is 0.313 e. The number of likely N-dealkylation sites (tertiary alicyclic amines) is 1. The first-order valence-corrected chi connectivity index (χ1v) is 10.6. The molecule has 0 amide bonds. The van der Waals surface area contributed by atoms with Crippen molar-refractivity contribution in [3.8, 4) is 0 Å². The molecule has 3 rings (SSSR count). The van der Waals surface area contributed by atoms with E-state index in [1.165, 1.54) is 5.56 Å². The molecule has 0 saturated carbocycles. The van der Waals surface area contributed by atoms with Crippen LogP contribution in [-0.4, -0.2) is 40.1 Å². The van der Waals surface area contributed by atoms with Crippen molar-refractivity contribution in [2.24, 2.45) is 5.41 Å². The molecule has 1 aromatic carbocycles. The maximum Gasteiger partial charge on any atom is 0.313 e. The monoisotopic (exact) mass is 383 g/mol. The average Bonchev–Trinajstić information content (AvgIpc) is 3.16. The Kier molecular flexibility index (Phi) is 7.26. The summed E-state index contributed by atoms with van der Waals surface area (Å²) >= 11 is 0. The van der Waals surface area contributed by atoms with Crippen LogP contribution in [0.2, 0.25) is 0 Å². The molecule has 5 nitrogen and oxygen atoms in total. The third kappa shape index (κ3) is 5.02. The highest BCUT2D eigenvalue weighted by atomic mass is 16.5. The molecule has 2 aromatic rings. The van der Waals surface area contributed by atoms with E-state index in [1.807, 2.05) is 25.4 Å². The minimum atomic E-state index is -0.396. The lowest BCUT2D eigenvalue weighted by Gasteiger charge is -2.41. The van der Waals surface area contributed by atoms with E-state index in [0.29, 0.717) is 6.61 Å². The number of esters is 1. The number of ether oxygens (including phenoxy) is 1. The van der Waals surface area contributed by atoms with E-state index in [-0.39, 0.29) is 5.97 Å². The molecular weight excluding hydrogens is 350 g/mol. The third-order valence-electron chi connectivity index (χ3n) is 5.84. The number of hydrogen-bond acceptors (Lipinski definition) is 4. The molecule has 1 atom stereocenters. The number of hydrogen-bond donors (Lipinski definition) is 0. The Bertz CT molecular complexity index is 743. The predicted octanol–water partition coefficient (Wildman–Crippen LogP) is 4.07. The molecule has 1 aromatic heterocycles. The molecule has 0 unspecified atom stereocenters. The fraction of sp³-hybridized carbons (Fsp3) is 0.565. The predicted molar refractivity (Wildman–Crippen MR) is 111 cm³/mol. The lowest BCUT2D eigenvalue weighted by atomic mass is 9.75. The fourth-order valence-corrected chi connectivity index (χ4v) is 4.37. The summed E-state index contributed by atoms with van der Waals surface area (Å²) < 4.78 is 7.71. The van der Waals surface area contributed by atoms with Gasteiger partial charge in [0.2, 0.25) is 0 Å². The summed E-state index contributed by atoms with van der Waals surface area (Å²) in [5, 5.41) is 0. The van der Waals surface area contributed by atoms with E-state index in [4.69, 9.17) is 4.74 Å². The number of nitrogens with zero attached hydrogens (tertiary/aromatic N) is 3. The molecule has 1 saturated heterocycles. The lowest BCUT2D eigenvalue weighted by molar-refractivity contribution is -0.160. The SMILES string of the molecule is CCOC(=O)[C@]1(CCCc2ccccc2)CCCN(Cc2nccn2CC)C1. The van der Waals surface area contributed by atoms with Crippen LogP contribution < -0.4 is 0 Å². The summed E-state index contributed by atoms with van der Waals surface area (Å²) in [4.78, 5) is 19.9. The average molecular weight is 384 g/mol. The highest BCUT2D eigenvalue weighted by molar-refractivity contribution is 5.77. The maximum absolute atomic E-state index is 13.0. The number of imidazole rings is 1. The van der Waals surface area contributed by atoms with E-state index in [1.54, 1.807) is 0 Å². The number of carbonyl (C=O) groups excluding carboxylic acids is 1. The normalized spacial score (nSPS) is 20.2. The molecule has 5 heteroatoms. The number of rotatable bonds is 9. The Hall–Kier alpha value is -2.14. The highest BCUT2D eigenvalue weighted by Crippen LogP contribution is 2.37. The van der Waals surface area contributed by atoms with Crippen molar-refractivity contribution in [2.45, 2.75) is 59.0 Å². The van der Waals surface area contributed by atoms with Gasteiger partial charge in [-0.15, -0.1) is 0 Å². The van der Waals surface area contributed by atoms with Gasteiger partial charge in [-0.05, 0) is 58.1 Å². The molecule has 0 spiro atoms. The molecule has 1 aliphatic heterocycles. The summed E-state index contributed by atoms with van der Waals surface area (Å²) in [5.74, 6) is 1.05. The minimum absolute atomic E-state index is 0.0217. The Morgan fingerprint density at radius 2 is 2.07 bits per heavy atom. The standard InChI is InChI=1S/C23H33N3O2/c1-3-26-17-15-24-21(26)18-25-16-9-14-23(19-25,22(27)28-4-2)13-8-12-20-10-6-5-7-11-20/h5-7,10-11,15,17H,3-4,8-9,12-14,16,18-19H2,1-2H3/t23-/m1/s1. The van der Waals surface area contributed by atoms with Gasteiger partial charge < -0.3 is 9.30 Å². The lowest BCUT2D eigenvalue weighted by Crippen LogP contribution is -2.48. The van der Waals surface area contributed by atoms with Gasteiger partial charge in [-0.25, -0.2) is 4.98 Å². The van der Waals surface area contributed by atoms with Crippen LogP contribution in [0.15, 0.2) is 42.7 Å². The molecule has 0 aliphatic carbocycles. The zero-order valence-corrected chi connectivity index (χ0v) is 17.3. The van der Waals surface area contributed by atoms with Crippen LogP contribution in [0.5, 0.6) is 0 Å². The zero-order chi connectivity index (χ0) is 19.8. The summed E-state index contributed by atoms with van der Waals surface area (Å²) in [6, 6.07) is 10.5. The van der Waals surface area contributed by atoms with Crippen LogP contribution in [0.25, 0.3) is 0 Å². The Morgan fingerprint density at radius 1 is 1.25 bits per heavy atom. The van der Waals surface area contributed by atoms with Gasteiger partial charge >= 0.3 is 5.97 Å². The van der Waals surface area contributed by atoms with Crippen LogP contribution in [0.1, 0.15) is 50.9 Å². The number of piperidine rings is 1. The van der Waals surface area contributed by atoms with Gasteiger partial charge in [0, 0.05) is 25.5 Å². The molecule has 28 heavy (non-hydrogen) atoms. The van der Waals surface area contributed by atoms with Gasteiger partial charge in [0.25, 0.3) is 0 Å². The quantitative estimate of drug-likeness (QED) is 0.613. The van der Waals surface area contributed by atoms with Crippen LogP contribution >= 0.6 is 0 Å². The van der Waals surface area contributed by atoms with Gasteiger partial charge in [-0.1, -0.05) is 30.3 Å². The molecule has 1 aliphatic rings. The van der Waals surface area contributed by atoms with Crippen molar-refractivity contribution in [1.82, 2.24) is 14.5 Å². The second-order valence-corrected chi connectivity index (χ2v) is 7.78. The van der Waals surface area contributed by atoms with Crippen molar-refractivity contribution < 1.29 is 9.53 Å². The third-order valence-corrected chi connectivity index (χ3v) is 5.84. The maximum atomic E-state index is 13.0. The Balaban J connectivity index is 1.68. The topological polar surface area (TPSA) is 47.4 Å². The van der Waals surface area contributed by atoms with Gasteiger partial charge in [-0.2, -0.15) is 0 Å². The molecule has 0 radical (unpaired) electrons. The number of aryl methyl sites for hydroxylation is 2. The summed E-state index contributed by atoms with van der Waals surface area (Å²) in [6.45, 7) is 7.96. The van der Waals surface area contributed by atoms with Crippen molar-refractivity contribution in [2.75, 3.05) is 19.7 Å². The van der Waals surface area contributed by atoms with E-state index in [2.05, 4.69) is 45.6 Å². The molecule has 1 fully saturated rings. The zero-order valence-electron chi connectivity index (χ0n) is 17.3. The van der Waals surface area contributed by atoms with E-state index >= 15 is 0 Å². The minimum Gasteiger partial charge on any atom is -0.466 e. The summed E-state index contributed by atoms with van der Waals surface area (Å²) in [7, 11) is 0. The number of aromatic nitrogens is 2. The van der Waals surface area contributed by atoms with Crippen LogP contribution in [-0.2, 0) is 29.0 Å². The van der Waals surface area contributed by atoms with E-state index in [9.17, 15) is 4.79 Å². The van der Waals surface area contributed by atoms with Crippen molar-refractivity contribution in [1.29, 1.82) is 0 Å². The Morgan fingerprint density at radius 3 is 2.82 bits per heavy atom. The molecule has 0 N–H and O–H groups in total. The highest BCUT2D eigenvalue weighted by Gasteiger charge is 2.43. The first kappa shape index (κ1) is 20.6. The van der Waals surface area contributed by atoms with Crippen LogP contribution in [0.4, 0.5) is 0 Å². The van der Waals surface area contributed by atoms with Crippen LogP contribution in [0, 0.1) is 5.41 Å². The number of benzene rings is 1. The first-order chi connectivity index (χ1) is 13.7. The van der Waals surface area contributed by atoms with Gasteiger partial charge in [-0.3, -0.25) is 9.69 Å². The van der Waals surface area contributed by atoms with Gasteiger partial charge in [0.1, 0.15) is 5.82 Å². The fourth-order valence-electron chi connectivity index (χ4n) is 4.37. The van der Waals surface area contributed by atoms with E-state index in [0.717, 1.165) is 64.1 Å². The Labute approximate surface area is 168 Å². The largest absolute Gasteiger partial charge is 0.466 e. The van der Waals surface area contributed by atoms with Crippen molar-refractivity contribution >= 4 is 5.97 Å². The van der Waals surface area contributed by atoms with E-state index < -0.39 is 5.41 Å². The van der Waals surface area contributed by atoms with Crippen molar-refractivity contribution in [3.05, 3.63) is 54.1 Å². The second-order valence-electron chi connectivity index (χ2n) is 7.78. The van der Waals surface area contributed by atoms with Crippen molar-refractivity contribution in [3.63, 3.8) is 0 Å². The summed E-state index contributed by atoms with van der Waals surface area (Å²) in [6.07, 6.45) is 8.71. The first-order valence-electron chi connectivity index (χ1n) is 10.6. The molecule has 2 heterocycles. The molecular formula is C23H33N3O2. The van der Waals surface area contributed by atoms with Gasteiger partial charge in [0.05, 0.1) is 18.6 Å². The molecule has 0 bridgehead atoms. The van der Waals surface area contributed by atoms with Gasteiger partial charge in [0.15, 0.2) is 0 Å². The number of carbonyl (C=O) groups is 1. The molecule has 152 valence electrons.